The van der Waals surface area contributed by atoms with Crippen molar-refractivity contribution < 1.29 is 19.4 Å². The van der Waals surface area contributed by atoms with E-state index in [0.717, 1.165) is 5.56 Å². The van der Waals surface area contributed by atoms with Crippen molar-refractivity contribution in [2.24, 2.45) is 0 Å². The Morgan fingerprint density at radius 3 is 3.05 bits per heavy atom. The predicted octanol–water partition coefficient (Wildman–Crippen LogP) is -0.0601. The number of aryl methyl sites for hydroxylation is 2. The minimum Gasteiger partial charge on any atom is -0.479 e. The average molecular weight is 267 g/mol. The van der Waals surface area contributed by atoms with Crippen molar-refractivity contribution in [3.63, 3.8) is 0 Å². The van der Waals surface area contributed by atoms with Gasteiger partial charge in [0.1, 0.15) is 0 Å². The second kappa shape index (κ2) is 5.83. The lowest BCUT2D eigenvalue weighted by atomic mass is 10.1. The maximum Gasteiger partial charge on any atom is 0.334 e. The Labute approximate surface area is 110 Å². The van der Waals surface area contributed by atoms with Crippen LogP contribution >= 0.6 is 0 Å². The number of hydrogen-bond acceptors (Lipinski definition) is 4. The maximum atomic E-state index is 11.7. The average Bonchev–Trinajstić information content (AvgIpc) is 2.95. The molecule has 2 N–H and O–H groups in total. The van der Waals surface area contributed by atoms with Crippen molar-refractivity contribution in [3.8, 4) is 0 Å². The van der Waals surface area contributed by atoms with Gasteiger partial charge in [0.05, 0.1) is 12.2 Å². The van der Waals surface area contributed by atoms with Gasteiger partial charge in [-0.2, -0.15) is 5.10 Å². The Morgan fingerprint density at radius 2 is 2.42 bits per heavy atom. The summed E-state index contributed by atoms with van der Waals surface area (Å²) in [5, 5.41) is 15.7. The van der Waals surface area contributed by atoms with Crippen LogP contribution in [0.3, 0.4) is 0 Å². The molecule has 0 bridgehead atoms. The van der Waals surface area contributed by atoms with E-state index in [1.165, 1.54) is 0 Å². The zero-order valence-corrected chi connectivity index (χ0v) is 10.7. The van der Waals surface area contributed by atoms with Crippen LogP contribution in [0.1, 0.15) is 18.4 Å². The highest BCUT2D eigenvalue weighted by Gasteiger charge is 2.34. The van der Waals surface area contributed by atoms with Crippen LogP contribution in [0.5, 0.6) is 0 Å². The van der Waals surface area contributed by atoms with Crippen LogP contribution in [0.25, 0.3) is 0 Å². The van der Waals surface area contributed by atoms with Gasteiger partial charge in [0.25, 0.3) is 0 Å². The van der Waals surface area contributed by atoms with Gasteiger partial charge in [-0.25, -0.2) is 4.79 Å². The van der Waals surface area contributed by atoms with Crippen molar-refractivity contribution in [1.82, 2.24) is 15.1 Å². The van der Waals surface area contributed by atoms with Gasteiger partial charge in [-0.15, -0.1) is 0 Å². The van der Waals surface area contributed by atoms with E-state index >= 15 is 0 Å². The van der Waals surface area contributed by atoms with Crippen molar-refractivity contribution >= 4 is 11.9 Å². The molecule has 0 saturated carbocycles. The molecule has 19 heavy (non-hydrogen) atoms. The van der Waals surface area contributed by atoms with Gasteiger partial charge >= 0.3 is 5.97 Å². The van der Waals surface area contributed by atoms with Crippen LogP contribution in [0.2, 0.25) is 0 Å². The molecule has 1 fully saturated rings. The van der Waals surface area contributed by atoms with E-state index in [4.69, 9.17) is 9.84 Å². The highest BCUT2D eigenvalue weighted by molar-refractivity contribution is 5.79. The zero-order chi connectivity index (χ0) is 13.8. The first kappa shape index (κ1) is 13.5. The Morgan fingerprint density at radius 1 is 1.63 bits per heavy atom. The minimum atomic E-state index is -1.04. The molecule has 2 rings (SSSR count). The van der Waals surface area contributed by atoms with E-state index in [-0.39, 0.29) is 12.3 Å². The van der Waals surface area contributed by atoms with Crippen LogP contribution in [0, 0.1) is 6.92 Å². The normalized spacial score (nSPS) is 22.4. The molecule has 0 spiro atoms. The number of hydrogen-bond donors (Lipinski definition) is 2. The van der Waals surface area contributed by atoms with Crippen LogP contribution in [-0.4, -0.2) is 45.5 Å². The smallest absolute Gasteiger partial charge is 0.334 e. The molecule has 7 nitrogen and oxygen atoms in total. The quantitative estimate of drug-likeness (QED) is 0.779. The fourth-order valence-electron chi connectivity index (χ4n) is 2.07. The topological polar surface area (TPSA) is 93.5 Å². The zero-order valence-electron chi connectivity index (χ0n) is 10.7. The number of carbonyl (C=O) groups is 2. The van der Waals surface area contributed by atoms with Crippen LogP contribution < -0.4 is 5.32 Å². The number of carboxylic acids is 1. The highest BCUT2D eigenvalue weighted by Crippen LogP contribution is 2.13. The fraction of sp³-hybridized carbons (Fsp3) is 0.583. The van der Waals surface area contributed by atoms with E-state index in [0.29, 0.717) is 19.6 Å². The lowest BCUT2D eigenvalue weighted by Crippen LogP contribution is -2.44. The number of rotatable bonds is 5. The number of carbonyl (C=O) groups excluding carboxylic acids is 1. The van der Waals surface area contributed by atoms with Crippen LogP contribution in [0.4, 0.5) is 0 Å². The Balaban J connectivity index is 1.79. The summed E-state index contributed by atoms with van der Waals surface area (Å²) in [7, 11) is 0. The summed E-state index contributed by atoms with van der Waals surface area (Å²) in [6.07, 6.45) is 3.44. The molecule has 1 aromatic heterocycles. The van der Waals surface area contributed by atoms with Crippen LogP contribution in [-0.2, 0) is 20.9 Å². The summed E-state index contributed by atoms with van der Waals surface area (Å²) >= 11 is 0. The molecule has 0 aliphatic carbocycles. The number of aliphatic carboxylic acids is 1. The molecular weight excluding hydrogens is 250 g/mol. The molecule has 0 radical (unpaired) electrons. The second-order valence-electron chi connectivity index (χ2n) is 4.62. The van der Waals surface area contributed by atoms with Crippen molar-refractivity contribution in [3.05, 3.63) is 18.0 Å². The second-order valence-corrected chi connectivity index (χ2v) is 4.62. The number of aromatic nitrogens is 2. The Hall–Kier alpha value is -1.89. The number of ether oxygens (including phenoxy) is 1. The first-order chi connectivity index (χ1) is 9.06. The van der Waals surface area contributed by atoms with E-state index < -0.39 is 18.1 Å². The summed E-state index contributed by atoms with van der Waals surface area (Å²) in [6.45, 7) is 2.77. The number of carboxylic acid groups (broad SMARTS) is 1. The SMILES string of the molecule is Cc1cnn(CCC(=O)N[C@@H]2CCO[C@@H]2C(=O)O)c1. The molecular formula is C12H17N3O4. The summed E-state index contributed by atoms with van der Waals surface area (Å²) < 4.78 is 6.75. The number of amides is 1. The van der Waals surface area contributed by atoms with Gasteiger partial charge in [-0.05, 0) is 18.9 Å². The molecule has 1 saturated heterocycles. The molecule has 2 heterocycles. The Kier molecular flexibility index (Phi) is 4.16. The molecule has 2 atom stereocenters. The van der Waals surface area contributed by atoms with Gasteiger partial charge < -0.3 is 15.2 Å². The van der Waals surface area contributed by atoms with Gasteiger partial charge in [-0.3, -0.25) is 9.48 Å². The Bertz CT molecular complexity index is 471. The van der Waals surface area contributed by atoms with Crippen molar-refractivity contribution in [2.45, 2.75) is 38.5 Å². The third kappa shape index (κ3) is 3.54. The molecule has 104 valence electrons. The first-order valence-electron chi connectivity index (χ1n) is 6.19. The lowest BCUT2D eigenvalue weighted by Gasteiger charge is -2.16. The molecule has 0 unspecified atom stereocenters. The molecule has 1 aromatic rings. The predicted molar refractivity (Wildman–Crippen MR) is 65.5 cm³/mol. The largest absolute Gasteiger partial charge is 0.479 e. The van der Waals surface area contributed by atoms with E-state index in [1.54, 1.807) is 10.9 Å². The third-order valence-electron chi connectivity index (χ3n) is 3.01. The van der Waals surface area contributed by atoms with Gasteiger partial charge in [0, 0.05) is 25.8 Å². The monoisotopic (exact) mass is 267 g/mol. The maximum absolute atomic E-state index is 11.7. The highest BCUT2D eigenvalue weighted by atomic mass is 16.5. The first-order valence-corrected chi connectivity index (χ1v) is 6.19. The molecule has 1 aliphatic rings. The number of nitrogens with one attached hydrogen (secondary N) is 1. The molecule has 1 aliphatic heterocycles. The van der Waals surface area contributed by atoms with Gasteiger partial charge in [0.15, 0.2) is 6.10 Å². The molecule has 7 heteroatoms. The molecule has 1 amide bonds. The standard InChI is InChI=1S/C12H17N3O4/c1-8-6-13-15(7-8)4-2-10(16)14-9-3-5-19-11(9)12(17)18/h6-7,9,11H,2-5H2,1H3,(H,14,16)(H,17,18)/t9-,11+/m1/s1. The van der Waals surface area contributed by atoms with E-state index in [1.807, 2.05) is 13.1 Å². The van der Waals surface area contributed by atoms with Gasteiger partial charge in [0.2, 0.25) is 5.91 Å². The summed E-state index contributed by atoms with van der Waals surface area (Å²) in [5.74, 6) is -1.22. The van der Waals surface area contributed by atoms with Gasteiger partial charge in [-0.1, -0.05) is 0 Å². The molecule has 0 aromatic carbocycles. The summed E-state index contributed by atoms with van der Waals surface area (Å²) in [5.41, 5.74) is 1.04. The summed E-state index contributed by atoms with van der Waals surface area (Å²) in [6, 6.07) is -0.440. The van der Waals surface area contributed by atoms with Crippen molar-refractivity contribution in [2.75, 3.05) is 6.61 Å². The van der Waals surface area contributed by atoms with Crippen molar-refractivity contribution in [1.29, 1.82) is 0 Å². The fourth-order valence-corrected chi connectivity index (χ4v) is 2.07. The van der Waals surface area contributed by atoms with Crippen LogP contribution in [0.15, 0.2) is 12.4 Å². The van der Waals surface area contributed by atoms with E-state index in [9.17, 15) is 9.59 Å². The third-order valence-corrected chi connectivity index (χ3v) is 3.01. The number of nitrogens with zero attached hydrogens (tertiary/aromatic N) is 2. The minimum absolute atomic E-state index is 0.185. The summed E-state index contributed by atoms with van der Waals surface area (Å²) in [4.78, 5) is 22.6. The lowest BCUT2D eigenvalue weighted by molar-refractivity contribution is -0.148. The van der Waals surface area contributed by atoms with E-state index in [2.05, 4.69) is 10.4 Å².